The molecular formula is C8H5FIN3. The van der Waals surface area contributed by atoms with Crippen LogP contribution in [0.3, 0.4) is 0 Å². The summed E-state index contributed by atoms with van der Waals surface area (Å²) < 4.78 is 15.1. The van der Waals surface area contributed by atoms with Crippen LogP contribution in [0.5, 0.6) is 0 Å². The molecule has 0 atom stereocenters. The zero-order valence-corrected chi connectivity index (χ0v) is 8.64. The first-order chi connectivity index (χ1) is 6.25. The molecule has 0 bridgehead atoms. The summed E-state index contributed by atoms with van der Waals surface area (Å²) in [4.78, 5) is 3.88. The molecule has 66 valence electrons. The molecule has 0 N–H and O–H groups in total. The first kappa shape index (κ1) is 8.61. The number of aromatic nitrogens is 3. The van der Waals surface area contributed by atoms with Gasteiger partial charge in [0.05, 0.1) is 16.0 Å². The Kier molecular flexibility index (Phi) is 2.26. The quantitative estimate of drug-likeness (QED) is 0.752. The van der Waals surface area contributed by atoms with E-state index in [4.69, 9.17) is 0 Å². The zero-order valence-electron chi connectivity index (χ0n) is 6.48. The van der Waals surface area contributed by atoms with Crippen LogP contribution in [0.1, 0.15) is 0 Å². The van der Waals surface area contributed by atoms with E-state index >= 15 is 0 Å². The van der Waals surface area contributed by atoms with Crippen molar-refractivity contribution in [3.8, 4) is 5.82 Å². The Bertz CT molecular complexity index is 410. The summed E-state index contributed by atoms with van der Waals surface area (Å²) in [6, 6.07) is 2.94. The fraction of sp³-hybridized carbons (Fsp3) is 0. The van der Waals surface area contributed by atoms with E-state index in [1.807, 2.05) is 6.20 Å². The van der Waals surface area contributed by atoms with Crippen molar-refractivity contribution in [2.75, 3.05) is 0 Å². The van der Waals surface area contributed by atoms with Gasteiger partial charge in [-0.2, -0.15) is 5.10 Å². The molecular weight excluding hydrogens is 284 g/mol. The molecule has 2 aromatic heterocycles. The van der Waals surface area contributed by atoms with E-state index in [0.717, 1.165) is 3.57 Å². The van der Waals surface area contributed by atoms with Gasteiger partial charge in [0.25, 0.3) is 0 Å². The van der Waals surface area contributed by atoms with Crippen molar-refractivity contribution in [3.05, 3.63) is 40.1 Å². The van der Waals surface area contributed by atoms with Gasteiger partial charge in [0.1, 0.15) is 5.82 Å². The Morgan fingerprint density at radius 2 is 2.15 bits per heavy atom. The average molecular weight is 289 g/mol. The van der Waals surface area contributed by atoms with Crippen LogP contribution in [0, 0.1) is 9.39 Å². The number of hydrogen-bond donors (Lipinski definition) is 0. The highest BCUT2D eigenvalue weighted by Crippen LogP contribution is 2.07. The summed E-state index contributed by atoms with van der Waals surface area (Å²) in [5.74, 6) is 0.273. The van der Waals surface area contributed by atoms with E-state index in [0.29, 0.717) is 5.82 Å². The number of pyridine rings is 1. The van der Waals surface area contributed by atoms with Crippen LogP contribution in [0.2, 0.25) is 0 Å². The molecule has 3 nitrogen and oxygen atoms in total. The van der Waals surface area contributed by atoms with Crippen molar-refractivity contribution < 1.29 is 4.39 Å². The topological polar surface area (TPSA) is 30.7 Å². The Labute approximate surface area is 87.7 Å². The number of rotatable bonds is 1. The lowest BCUT2D eigenvalue weighted by Crippen LogP contribution is -1.97. The fourth-order valence-electron chi connectivity index (χ4n) is 0.930. The lowest BCUT2D eigenvalue weighted by atomic mass is 10.4. The normalized spacial score (nSPS) is 10.3. The summed E-state index contributed by atoms with van der Waals surface area (Å²) in [6.07, 6.45) is 4.70. The Morgan fingerprint density at radius 3 is 2.69 bits per heavy atom. The molecule has 13 heavy (non-hydrogen) atoms. The summed E-state index contributed by atoms with van der Waals surface area (Å²) in [5, 5.41) is 4.04. The molecule has 0 unspecified atom stereocenters. The third-order valence-corrected chi connectivity index (χ3v) is 2.05. The fourth-order valence-corrected chi connectivity index (χ4v) is 1.32. The van der Waals surface area contributed by atoms with E-state index in [9.17, 15) is 4.39 Å². The van der Waals surface area contributed by atoms with Gasteiger partial charge in [-0.25, -0.2) is 14.1 Å². The zero-order chi connectivity index (χ0) is 9.26. The molecule has 0 saturated heterocycles. The largest absolute Gasteiger partial charge is 0.234 e. The maximum absolute atomic E-state index is 12.5. The Hall–Kier alpha value is -0.980. The van der Waals surface area contributed by atoms with Gasteiger partial charge in [0.15, 0.2) is 5.82 Å². The molecule has 5 heteroatoms. The van der Waals surface area contributed by atoms with E-state index in [1.165, 1.54) is 12.3 Å². The van der Waals surface area contributed by atoms with Crippen LogP contribution >= 0.6 is 22.6 Å². The van der Waals surface area contributed by atoms with Gasteiger partial charge in [-0.1, -0.05) is 0 Å². The van der Waals surface area contributed by atoms with Crippen molar-refractivity contribution in [1.29, 1.82) is 0 Å². The molecule has 0 radical (unpaired) electrons. The molecule has 0 aliphatic heterocycles. The van der Waals surface area contributed by atoms with Gasteiger partial charge < -0.3 is 0 Å². The predicted molar refractivity (Wildman–Crippen MR) is 54.0 cm³/mol. The number of nitrogens with zero attached hydrogens (tertiary/aromatic N) is 3. The molecule has 0 amide bonds. The highest BCUT2D eigenvalue weighted by molar-refractivity contribution is 14.1. The first-order valence-electron chi connectivity index (χ1n) is 3.58. The van der Waals surface area contributed by atoms with E-state index in [-0.39, 0.29) is 5.82 Å². The molecule has 0 spiro atoms. The minimum absolute atomic E-state index is 0.342. The maximum atomic E-state index is 12.5. The summed E-state index contributed by atoms with van der Waals surface area (Å²) in [5.41, 5.74) is 0. The number of halogens is 2. The SMILES string of the molecule is Fc1ccc(-n2cc(I)cn2)nc1. The van der Waals surface area contributed by atoms with Crippen LogP contribution in [-0.2, 0) is 0 Å². The van der Waals surface area contributed by atoms with Crippen LogP contribution in [0.15, 0.2) is 30.7 Å². The Morgan fingerprint density at radius 1 is 1.31 bits per heavy atom. The predicted octanol–water partition coefficient (Wildman–Crippen LogP) is 2.01. The lowest BCUT2D eigenvalue weighted by molar-refractivity contribution is 0.619. The first-order valence-corrected chi connectivity index (χ1v) is 4.66. The summed E-state index contributed by atoms with van der Waals surface area (Å²) >= 11 is 2.15. The standard InChI is InChI=1S/C8H5FIN3/c9-6-1-2-8(11-3-6)13-5-7(10)4-12-13/h1-5H. The summed E-state index contributed by atoms with van der Waals surface area (Å²) in [7, 11) is 0. The van der Waals surface area contributed by atoms with Gasteiger partial charge in [0.2, 0.25) is 0 Å². The van der Waals surface area contributed by atoms with Crippen molar-refractivity contribution >= 4 is 22.6 Å². The Balaban J connectivity index is 2.41. The van der Waals surface area contributed by atoms with Crippen LogP contribution in [-0.4, -0.2) is 14.8 Å². The molecule has 2 rings (SSSR count). The summed E-state index contributed by atoms with van der Waals surface area (Å²) in [6.45, 7) is 0. The van der Waals surface area contributed by atoms with Crippen molar-refractivity contribution in [3.63, 3.8) is 0 Å². The van der Waals surface area contributed by atoms with E-state index in [1.54, 1.807) is 16.9 Å². The molecule has 2 heterocycles. The molecule has 0 saturated carbocycles. The maximum Gasteiger partial charge on any atom is 0.153 e. The highest BCUT2D eigenvalue weighted by atomic mass is 127. The monoisotopic (exact) mass is 289 g/mol. The second-order valence-corrected chi connectivity index (χ2v) is 3.68. The molecule has 2 aromatic rings. The average Bonchev–Trinajstić information content (AvgIpc) is 2.53. The van der Waals surface area contributed by atoms with Gasteiger partial charge >= 0.3 is 0 Å². The lowest BCUT2D eigenvalue weighted by Gasteiger charge is -1.97. The molecule has 0 aromatic carbocycles. The smallest absolute Gasteiger partial charge is 0.153 e. The van der Waals surface area contributed by atoms with E-state index < -0.39 is 0 Å². The van der Waals surface area contributed by atoms with Crippen LogP contribution in [0.25, 0.3) is 5.82 Å². The second kappa shape index (κ2) is 3.41. The van der Waals surface area contributed by atoms with Crippen molar-refractivity contribution in [2.45, 2.75) is 0 Å². The van der Waals surface area contributed by atoms with Crippen molar-refractivity contribution in [1.82, 2.24) is 14.8 Å². The second-order valence-electron chi connectivity index (χ2n) is 2.44. The minimum atomic E-state index is -0.342. The molecule has 0 aliphatic carbocycles. The van der Waals surface area contributed by atoms with Crippen LogP contribution < -0.4 is 0 Å². The van der Waals surface area contributed by atoms with Gasteiger partial charge in [-0.15, -0.1) is 0 Å². The van der Waals surface area contributed by atoms with Crippen molar-refractivity contribution in [2.24, 2.45) is 0 Å². The van der Waals surface area contributed by atoms with Gasteiger partial charge in [-0.3, -0.25) is 0 Å². The van der Waals surface area contributed by atoms with Gasteiger partial charge in [0, 0.05) is 6.20 Å². The number of hydrogen-bond acceptors (Lipinski definition) is 2. The minimum Gasteiger partial charge on any atom is -0.234 e. The molecule has 0 aliphatic rings. The van der Waals surface area contributed by atoms with E-state index in [2.05, 4.69) is 32.7 Å². The third kappa shape index (κ3) is 1.85. The highest BCUT2D eigenvalue weighted by Gasteiger charge is 1.99. The van der Waals surface area contributed by atoms with Crippen LogP contribution in [0.4, 0.5) is 4.39 Å². The third-order valence-electron chi connectivity index (χ3n) is 1.50. The van der Waals surface area contributed by atoms with Gasteiger partial charge in [-0.05, 0) is 34.7 Å². The molecule has 0 fully saturated rings.